The number of ketones is 1. The Morgan fingerprint density at radius 1 is 1.20 bits per heavy atom. The number of benzene rings is 1. The van der Waals surface area contributed by atoms with Crippen molar-refractivity contribution in [1.82, 2.24) is 9.78 Å². The first-order chi connectivity index (χ1) is 12.0. The number of allylic oxidation sites excluding steroid dienone is 1. The monoisotopic (exact) mass is 336 g/mol. The zero-order valence-electron chi connectivity index (χ0n) is 14.5. The van der Waals surface area contributed by atoms with Crippen molar-refractivity contribution < 1.29 is 13.9 Å². The minimum Gasteiger partial charge on any atom is -0.486 e. The first-order valence-corrected chi connectivity index (χ1v) is 8.04. The minimum atomic E-state index is -0.0819. The van der Waals surface area contributed by atoms with Crippen molar-refractivity contribution in [3.63, 3.8) is 0 Å². The molecule has 25 heavy (non-hydrogen) atoms. The molecule has 0 aliphatic rings. The van der Waals surface area contributed by atoms with Crippen molar-refractivity contribution in [2.75, 3.05) is 0 Å². The lowest BCUT2D eigenvalue weighted by Crippen LogP contribution is -1.99. The highest BCUT2D eigenvalue weighted by atomic mass is 16.5. The first kappa shape index (κ1) is 16.8. The summed E-state index contributed by atoms with van der Waals surface area (Å²) in [5, 5.41) is 4.27. The highest BCUT2D eigenvalue weighted by Crippen LogP contribution is 2.17. The normalized spacial score (nSPS) is 11.2. The van der Waals surface area contributed by atoms with Crippen molar-refractivity contribution in [3.8, 4) is 5.75 Å². The van der Waals surface area contributed by atoms with Gasteiger partial charge in [0.1, 0.15) is 23.9 Å². The fourth-order valence-electron chi connectivity index (χ4n) is 2.60. The van der Waals surface area contributed by atoms with E-state index in [1.165, 1.54) is 6.08 Å². The highest BCUT2D eigenvalue weighted by molar-refractivity contribution is 6.08. The van der Waals surface area contributed by atoms with Crippen molar-refractivity contribution in [2.45, 2.75) is 20.5 Å². The molecule has 0 atom stereocenters. The summed E-state index contributed by atoms with van der Waals surface area (Å²) in [5.41, 5.74) is 2.22. The second-order valence-corrected chi connectivity index (χ2v) is 5.77. The number of carbonyl (C=O) groups is 1. The molecule has 2 heterocycles. The van der Waals surface area contributed by atoms with E-state index in [0.717, 1.165) is 17.1 Å². The van der Waals surface area contributed by atoms with Gasteiger partial charge in [0.15, 0.2) is 5.78 Å². The molecule has 0 radical (unpaired) electrons. The van der Waals surface area contributed by atoms with Crippen LogP contribution in [0.2, 0.25) is 0 Å². The van der Waals surface area contributed by atoms with E-state index < -0.39 is 0 Å². The molecule has 0 fully saturated rings. The van der Waals surface area contributed by atoms with Crippen LogP contribution in [0.5, 0.6) is 5.75 Å². The van der Waals surface area contributed by atoms with Gasteiger partial charge in [-0.25, -0.2) is 0 Å². The smallest absolute Gasteiger partial charge is 0.189 e. The Labute approximate surface area is 146 Å². The summed E-state index contributed by atoms with van der Waals surface area (Å²) in [6.07, 6.45) is 3.18. The molecule has 0 N–H and O–H groups in total. The average Bonchev–Trinajstić information content (AvgIpc) is 3.16. The molecule has 0 amide bonds. The summed E-state index contributed by atoms with van der Waals surface area (Å²) in [7, 11) is 1.83. The lowest BCUT2D eigenvalue weighted by atomic mass is 10.1. The van der Waals surface area contributed by atoms with E-state index in [1.807, 2.05) is 63.4 Å². The fraction of sp³-hybridized carbons (Fsp3) is 0.200. The summed E-state index contributed by atoms with van der Waals surface area (Å²) in [5.74, 6) is 2.01. The Bertz CT molecular complexity index is 904. The molecule has 128 valence electrons. The quantitative estimate of drug-likeness (QED) is 0.502. The minimum absolute atomic E-state index is 0.0819. The molecular weight excluding hydrogens is 316 g/mol. The van der Waals surface area contributed by atoms with Crippen LogP contribution in [-0.4, -0.2) is 15.6 Å². The van der Waals surface area contributed by atoms with Gasteiger partial charge in [-0.2, -0.15) is 5.10 Å². The van der Waals surface area contributed by atoms with Crippen LogP contribution in [0.4, 0.5) is 0 Å². The summed E-state index contributed by atoms with van der Waals surface area (Å²) in [6.45, 7) is 4.06. The molecule has 5 heteroatoms. The molecule has 2 aromatic heterocycles. The van der Waals surface area contributed by atoms with E-state index in [9.17, 15) is 4.79 Å². The van der Waals surface area contributed by atoms with Gasteiger partial charge in [-0.1, -0.05) is 18.2 Å². The lowest BCUT2D eigenvalue weighted by molar-refractivity contribution is 0.104. The van der Waals surface area contributed by atoms with Crippen molar-refractivity contribution in [3.05, 3.63) is 77.0 Å². The largest absolute Gasteiger partial charge is 0.486 e. The molecule has 0 bridgehead atoms. The van der Waals surface area contributed by atoms with Crippen LogP contribution in [0.3, 0.4) is 0 Å². The molecule has 3 aromatic rings. The Morgan fingerprint density at radius 2 is 1.96 bits per heavy atom. The average molecular weight is 336 g/mol. The predicted molar refractivity (Wildman–Crippen MR) is 95.5 cm³/mol. The van der Waals surface area contributed by atoms with Crippen LogP contribution in [0.1, 0.15) is 33.3 Å². The van der Waals surface area contributed by atoms with Gasteiger partial charge < -0.3 is 9.15 Å². The van der Waals surface area contributed by atoms with Gasteiger partial charge in [0.2, 0.25) is 0 Å². The number of furan rings is 1. The zero-order chi connectivity index (χ0) is 17.8. The molecule has 5 nitrogen and oxygen atoms in total. The maximum atomic E-state index is 12.4. The van der Waals surface area contributed by atoms with Crippen LogP contribution in [0.15, 0.2) is 53.0 Å². The molecule has 3 rings (SSSR count). The van der Waals surface area contributed by atoms with Crippen molar-refractivity contribution >= 4 is 11.9 Å². The number of hydrogen-bond donors (Lipinski definition) is 0. The summed E-state index contributed by atoms with van der Waals surface area (Å²) < 4.78 is 13.0. The zero-order valence-corrected chi connectivity index (χ0v) is 14.5. The van der Waals surface area contributed by atoms with E-state index in [1.54, 1.807) is 10.8 Å². The number of aryl methyl sites for hydroxylation is 2. The van der Waals surface area contributed by atoms with E-state index in [4.69, 9.17) is 9.15 Å². The van der Waals surface area contributed by atoms with Crippen LogP contribution in [-0.2, 0) is 13.7 Å². The molecule has 0 spiro atoms. The number of rotatable bonds is 6. The second-order valence-electron chi connectivity index (χ2n) is 5.77. The Hall–Kier alpha value is -3.08. The van der Waals surface area contributed by atoms with Gasteiger partial charge in [-0.05, 0) is 50.3 Å². The van der Waals surface area contributed by atoms with Crippen LogP contribution in [0, 0.1) is 13.8 Å². The molecule has 0 saturated carbocycles. The predicted octanol–water partition coefficient (Wildman–Crippen LogP) is 4.11. The number of carbonyl (C=O) groups excluding carboxylic acids is 1. The Kier molecular flexibility index (Phi) is 4.84. The number of ether oxygens (including phenoxy) is 1. The van der Waals surface area contributed by atoms with Gasteiger partial charge in [0.25, 0.3) is 0 Å². The standard InChI is InChI=1S/C20H20N2O3/c1-14-20(15(2)22(3)21-14)19(23)12-11-17-9-10-18(25-17)13-24-16-7-5-4-6-8-16/h4-12H,13H2,1-3H3/b12-11+. The number of hydrogen-bond acceptors (Lipinski definition) is 4. The molecule has 0 saturated heterocycles. The van der Waals surface area contributed by atoms with E-state index >= 15 is 0 Å². The summed E-state index contributed by atoms with van der Waals surface area (Å²) in [4.78, 5) is 12.4. The molecule has 0 aliphatic carbocycles. The number of nitrogens with zero attached hydrogens (tertiary/aromatic N) is 2. The SMILES string of the molecule is Cc1nn(C)c(C)c1C(=O)/C=C/c1ccc(COc2ccccc2)o1. The van der Waals surface area contributed by atoms with Crippen molar-refractivity contribution in [1.29, 1.82) is 0 Å². The van der Waals surface area contributed by atoms with E-state index in [-0.39, 0.29) is 5.78 Å². The van der Waals surface area contributed by atoms with Gasteiger partial charge in [-0.15, -0.1) is 0 Å². The highest BCUT2D eigenvalue weighted by Gasteiger charge is 2.15. The third-order valence-corrected chi connectivity index (χ3v) is 3.96. The topological polar surface area (TPSA) is 57.3 Å². The number of para-hydroxylation sites is 1. The van der Waals surface area contributed by atoms with E-state index in [2.05, 4.69) is 5.10 Å². The summed E-state index contributed by atoms with van der Waals surface area (Å²) >= 11 is 0. The second kappa shape index (κ2) is 7.21. The number of aromatic nitrogens is 2. The molecule has 1 aromatic carbocycles. The fourth-order valence-corrected chi connectivity index (χ4v) is 2.60. The van der Waals surface area contributed by atoms with Crippen LogP contribution < -0.4 is 4.74 Å². The van der Waals surface area contributed by atoms with Crippen molar-refractivity contribution in [2.24, 2.45) is 7.05 Å². The third-order valence-electron chi connectivity index (χ3n) is 3.96. The van der Waals surface area contributed by atoms with Gasteiger partial charge in [-0.3, -0.25) is 9.48 Å². The molecule has 0 aliphatic heterocycles. The maximum Gasteiger partial charge on any atom is 0.189 e. The maximum absolute atomic E-state index is 12.4. The molecule has 0 unspecified atom stereocenters. The Balaban J connectivity index is 1.64. The van der Waals surface area contributed by atoms with Gasteiger partial charge >= 0.3 is 0 Å². The molecular formula is C20H20N2O3. The van der Waals surface area contributed by atoms with Gasteiger partial charge in [0, 0.05) is 12.7 Å². The lowest BCUT2D eigenvalue weighted by Gasteiger charge is -2.02. The summed E-state index contributed by atoms with van der Waals surface area (Å²) in [6, 6.07) is 13.2. The Morgan fingerprint density at radius 3 is 2.64 bits per heavy atom. The van der Waals surface area contributed by atoms with Gasteiger partial charge in [0.05, 0.1) is 11.3 Å². The van der Waals surface area contributed by atoms with Crippen LogP contribution in [0.25, 0.3) is 6.08 Å². The third kappa shape index (κ3) is 3.88. The first-order valence-electron chi connectivity index (χ1n) is 8.04. The van der Waals surface area contributed by atoms with Crippen LogP contribution >= 0.6 is 0 Å². The van der Waals surface area contributed by atoms with E-state index in [0.29, 0.717) is 23.7 Å².